The molecule has 1 aliphatic heterocycles. The van der Waals surface area contributed by atoms with Gasteiger partial charge in [0, 0.05) is 37.0 Å². The van der Waals surface area contributed by atoms with Crippen molar-refractivity contribution in [3.8, 4) is 10.4 Å². The topological polar surface area (TPSA) is 47.0 Å². The number of thiazole rings is 1. The first-order valence-corrected chi connectivity index (χ1v) is 8.93. The zero-order valence-corrected chi connectivity index (χ0v) is 14.0. The number of nitrogens with one attached hydrogen (secondary N) is 1. The summed E-state index contributed by atoms with van der Waals surface area (Å²) in [6.45, 7) is 2.60. The molecule has 0 aliphatic carbocycles. The number of benzene rings is 1. The Hall–Kier alpha value is -2.05. The van der Waals surface area contributed by atoms with Crippen LogP contribution in [0.15, 0.2) is 36.7 Å². The van der Waals surface area contributed by atoms with Crippen molar-refractivity contribution in [3.05, 3.63) is 42.6 Å². The van der Waals surface area contributed by atoms with Gasteiger partial charge in [-0.15, -0.1) is 0 Å². The van der Waals surface area contributed by atoms with Crippen LogP contribution in [0.1, 0.15) is 12.8 Å². The number of halogens is 1. The van der Waals surface area contributed by atoms with Crippen LogP contribution in [0.2, 0.25) is 0 Å². The molecule has 124 valence electrons. The fourth-order valence-corrected chi connectivity index (χ4v) is 3.78. The molecular weight excluding hydrogens is 325 g/mol. The largest absolute Gasteiger partial charge is 0.381 e. The van der Waals surface area contributed by atoms with Crippen LogP contribution in [0.4, 0.5) is 9.52 Å². The van der Waals surface area contributed by atoms with E-state index in [0.717, 1.165) is 52.5 Å². The standard InChI is InChI=1S/C18H18FN3OS/c19-17-7-15-6-13(3-4-14(15)9-20-17)16-10-22-18(24-16)21-8-12-2-1-5-23-11-12/h3-4,6-7,9-10,12H,1-2,5,8,11H2,(H,21,22). The van der Waals surface area contributed by atoms with E-state index in [9.17, 15) is 4.39 Å². The van der Waals surface area contributed by atoms with Gasteiger partial charge in [0.15, 0.2) is 5.13 Å². The van der Waals surface area contributed by atoms with Crippen LogP contribution in [-0.4, -0.2) is 29.7 Å². The monoisotopic (exact) mass is 343 g/mol. The van der Waals surface area contributed by atoms with Crippen LogP contribution < -0.4 is 5.32 Å². The number of hydrogen-bond acceptors (Lipinski definition) is 5. The summed E-state index contributed by atoms with van der Waals surface area (Å²) < 4.78 is 18.8. The van der Waals surface area contributed by atoms with Crippen LogP contribution >= 0.6 is 11.3 Å². The van der Waals surface area contributed by atoms with E-state index in [4.69, 9.17) is 4.74 Å². The van der Waals surface area contributed by atoms with Crippen molar-refractivity contribution in [2.24, 2.45) is 5.92 Å². The summed E-state index contributed by atoms with van der Waals surface area (Å²) in [5.74, 6) is 0.100. The van der Waals surface area contributed by atoms with Gasteiger partial charge in [0.2, 0.25) is 5.95 Å². The minimum absolute atomic E-state index is 0.457. The van der Waals surface area contributed by atoms with Crippen molar-refractivity contribution in [2.75, 3.05) is 25.1 Å². The summed E-state index contributed by atoms with van der Waals surface area (Å²) in [6.07, 6.45) is 5.76. The molecule has 1 atom stereocenters. The van der Waals surface area contributed by atoms with Crippen molar-refractivity contribution >= 4 is 27.2 Å². The maximum atomic E-state index is 13.3. The van der Waals surface area contributed by atoms with Gasteiger partial charge in [-0.05, 0) is 35.8 Å². The highest BCUT2D eigenvalue weighted by Crippen LogP contribution is 2.31. The average Bonchev–Trinajstić information content (AvgIpc) is 3.09. The fraction of sp³-hybridized carbons (Fsp3) is 0.333. The molecule has 4 rings (SSSR count). The van der Waals surface area contributed by atoms with E-state index in [1.807, 2.05) is 24.4 Å². The maximum Gasteiger partial charge on any atom is 0.213 e. The normalized spacial score (nSPS) is 18.0. The molecule has 1 N–H and O–H groups in total. The molecular formula is C18H18FN3OS. The van der Waals surface area contributed by atoms with Crippen molar-refractivity contribution < 1.29 is 9.13 Å². The van der Waals surface area contributed by atoms with Crippen LogP contribution in [0.3, 0.4) is 0 Å². The summed E-state index contributed by atoms with van der Waals surface area (Å²) in [5, 5.41) is 6.10. The summed E-state index contributed by atoms with van der Waals surface area (Å²) in [6, 6.07) is 7.42. The summed E-state index contributed by atoms with van der Waals surface area (Å²) >= 11 is 1.61. The molecule has 1 unspecified atom stereocenters. The lowest BCUT2D eigenvalue weighted by Crippen LogP contribution is -2.24. The quantitative estimate of drug-likeness (QED) is 0.716. The molecule has 1 aliphatic rings. The average molecular weight is 343 g/mol. The van der Waals surface area contributed by atoms with Gasteiger partial charge in [-0.25, -0.2) is 9.97 Å². The van der Waals surface area contributed by atoms with Gasteiger partial charge < -0.3 is 10.1 Å². The van der Waals surface area contributed by atoms with E-state index in [1.54, 1.807) is 17.5 Å². The number of fused-ring (bicyclic) bond motifs is 1. The molecule has 0 amide bonds. The van der Waals surface area contributed by atoms with Crippen LogP contribution in [0.5, 0.6) is 0 Å². The van der Waals surface area contributed by atoms with Gasteiger partial charge in [-0.3, -0.25) is 0 Å². The van der Waals surface area contributed by atoms with Gasteiger partial charge in [-0.2, -0.15) is 4.39 Å². The number of pyridine rings is 1. The SMILES string of the molecule is Fc1cc2cc(-c3cnc(NCC4CCCOC4)s3)ccc2cn1. The number of anilines is 1. The van der Waals surface area contributed by atoms with Crippen molar-refractivity contribution in [1.82, 2.24) is 9.97 Å². The second kappa shape index (κ2) is 6.83. The minimum atomic E-state index is -0.457. The van der Waals surface area contributed by atoms with E-state index >= 15 is 0 Å². The molecule has 24 heavy (non-hydrogen) atoms. The molecule has 1 fully saturated rings. The van der Waals surface area contributed by atoms with E-state index in [-0.39, 0.29) is 0 Å². The van der Waals surface area contributed by atoms with Crippen molar-refractivity contribution in [2.45, 2.75) is 12.8 Å². The first-order chi connectivity index (χ1) is 11.8. The first-order valence-electron chi connectivity index (χ1n) is 8.11. The molecule has 2 aromatic heterocycles. The number of rotatable bonds is 4. The fourth-order valence-electron chi connectivity index (χ4n) is 2.96. The van der Waals surface area contributed by atoms with E-state index < -0.39 is 5.95 Å². The molecule has 3 heterocycles. The number of hydrogen-bond donors (Lipinski definition) is 1. The third kappa shape index (κ3) is 3.39. The van der Waals surface area contributed by atoms with Gasteiger partial charge in [0.05, 0.1) is 11.5 Å². The molecule has 4 nitrogen and oxygen atoms in total. The van der Waals surface area contributed by atoms with Crippen molar-refractivity contribution in [1.29, 1.82) is 0 Å². The molecule has 1 saturated heterocycles. The highest BCUT2D eigenvalue weighted by Gasteiger charge is 2.14. The van der Waals surface area contributed by atoms with Crippen LogP contribution in [0.25, 0.3) is 21.2 Å². The van der Waals surface area contributed by atoms with Crippen molar-refractivity contribution in [3.63, 3.8) is 0 Å². The second-order valence-corrected chi connectivity index (χ2v) is 7.09. The molecule has 3 aromatic rings. The Kier molecular flexibility index (Phi) is 4.40. The van der Waals surface area contributed by atoms with Crippen LogP contribution in [0, 0.1) is 11.9 Å². The lowest BCUT2D eigenvalue weighted by Gasteiger charge is -2.21. The minimum Gasteiger partial charge on any atom is -0.381 e. The third-order valence-electron chi connectivity index (χ3n) is 4.28. The van der Waals surface area contributed by atoms with Gasteiger partial charge >= 0.3 is 0 Å². The number of nitrogens with zero attached hydrogens (tertiary/aromatic N) is 2. The summed E-state index contributed by atoms with van der Waals surface area (Å²) in [5.41, 5.74) is 1.04. The smallest absolute Gasteiger partial charge is 0.213 e. The highest BCUT2D eigenvalue weighted by atomic mass is 32.1. The first kappa shape index (κ1) is 15.5. The number of aromatic nitrogens is 2. The second-order valence-electron chi connectivity index (χ2n) is 6.06. The summed E-state index contributed by atoms with van der Waals surface area (Å²) in [4.78, 5) is 9.21. The Balaban J connectivity index is 1.49. The molecule has 0 radical (unpaired) electrons. The lowest BCUT2D eigenvalue weighted by molar-refractivity contribution is 0.0595. The Morgan fingerprint density at radius 1 is 1.21 bits per heavy atom. The van der Waals surface area contributed by atoms with Gasteiger partial charge in [-0.1, -0.05) is 23.5 Å². The lowest BCUT2D eigenvalue weighted by atomic mass is 10.0. The zero-order valence-electron chi connectivity index (χ0n) is 13.2. The van der Waals surface area contributed by atoms with E-state index in [1.165, 1.54) is 12.5 Å². The molecule has 0 spiro atoms. The Morgan fingerprint density at radius 3 is 3.04 bits per heavy atom. The Morgan fingerprint density at radius 2 is 2.17 bits per heavy atom. The van der Waals surface area contributed by atoms with Gasteiger partial charge in [0.1, 0.15) is 0 Å². The number of ether oxygens (including phenoxy) is 1. The van der Waals surface area contributed by atoms with Crippen LogP contribution in [-0.2, 0) is 4.74 Å². The highest BCUT2D eigenvalue weighted by molar-refractivity contribution is 7.18. The zero-order chi connectivity index (χ0) is 16.4. The molecule has 6 heteroatoms. The Bertz CT molecular complexity index is 845. The van der Waals surface area contributed by atoms with E-state index in [0.29, 0.717) is 5.92 Å². The summed E-state index contributed by atoms with van der Waals surface area (Å²) in [7, 11) is 0. The predicted molar refractivity (Wildman–Crippen MR) is 94.8 cm³/mol. The Labute approximate surface area is 143 Å². The molecule has 0 bridgehead atoms. The molecule has 0 saturated carbocycles. The predicted octanol–water partition coefficient (Wildman–Crippen LogP) is 4.34. The van der Waals surface area contributed by atoms with E-state index in [2.05, 4.69) is 15.3 Å². The molecule has 1 aromatic carbocycles. The van der Waals surface area contributed by atoms with Gasteiger partial charge in [0.25, 0.3) is 0 Å². The third-order valence-corrected chi connectivity index (χ3v) is 5.28. The maximum absolute atomic E-state index is 13.3.